The number of guanidine groups is 1. The minimum absolute atomic E-state index is 0.635. The minimum atomic E-state index is 0.635. The van der Waals surface area contributed by atoms with Crippen LogP contribution in [-0.2, 0) is 13.6 Å². The molecule has 0 unspecified atom stereocenters. The molecule has 6 nitrogen and oxygen atoms in total. The summed E-state index contributed by atoms with van der Waals surface area (Å²) in [5.74, 6) is 0.848. The molecule has 0 bridgehead atoms. The number of nitrogens with one attached hydrogen (secondary N) is 2. The number of rotatable bonds is 8. The number of anilines is 1. The molecule has 2 rings (SSSR count). The van der Waals surface area contributed by atoms with Crippen molar-refractivity contribution < 1.29 is 0 Å². The number of para-hydroxylation sites is 1. The van der Waals surface area contributed by atoms with Gasteiger partial charge in [0.2, 0.25) is 0 Å². The van der Waals surface area contributed by atoms with E-state index in [0.717, 1.165) is 37.8 Å². The molecule has 2 N–H and O–H groups in total. The summed E-state index contributed by atoms with van der Waals surface area (Å²) in [5.41, 5.74) is 6.02. The van der Waals surface area contributed by atoms with E-state index in [9.17, 15) is 0 Å². The van der Waals surface area contributed by atoms with Crippen LogP contribution in [0.15, 0.2) is 29.3 Å². The number of aromatic nitrogens is 2. The summed E-state index contributed by atoms with van der Waals surface area (Å²) < 4.78 is 1.92. The molecule has 0 atom stereocenters. The third kappa shape index (κ3) is 5.49. The zero-order valence-electron chi connectivity index (χ0n) is 17.6. The van der Waals surface area contributed by atoms with Crippen LogP contribution in [0.25, 0.3) is 0 Å². The molecule has 148 valence electrons. The van der Waals surface area contributed by atoms with Crippen LogP contribution in [0.5, 0.6) is 0 Å². The number of hydrogen-bond acceptors (Lipinski definition) is 3. The van der Waals surface area contributed by atoms with Crippen molar-refractivity contribution in [1.29, 1.82) is 0 Å². The van der Waals surface area contributed by atoms with Gasteiger partial charge >= 0.3 is 0 Å². The molecule has 0 radical (unpaired) electrons. The Morgan fingerprint density at radius 1 is 1.15 bits per heavy atom. The van der Waals surface area contributed by atoms with Gasteiger partial charge < -0.3 is 15.5 Å². The first kappa shape index (κ1) is 20.8. The number of nitrogens with zero attached hydrogens (tertiary/aromatic N) is 4. The number of aryl methyl sites for hydroxylation is 3. The van der Waals surface area contributed by atoms with Crippen LogP contribution in [0.4, 0.5) is 5.69 Å². The number of likely N-dealkylation sites (N-methyl/N-ethyl adjacent to an activating group) is 1. The molecule has 0 saturated heterocycles. The molecule has 27 heavy (non-hydrogen) atoms. The maximum absolute atomic E-state index is 4.75. The van der Waals surface area contributed by atoms with Gasteiger partial charge in [-0.25, -0.2) is 4.99 Å². The lowest BCUT2D eigenvalue weighted by Crippen LogP contribution is -2.41. The molecule has 0 amide bonds. The Morgan fingerprint density at radius 3 is 2.48 bits per heavy atom. The van der Waals surface area contributed by atoms with E-state index in [1.165, 1.54) is 22.5 Å². The summed E-state index contributed by atoms with van der Waals surface area (Å²) in [4.78, 5) is 7.14. The zero-order valence-corrected chi connectivity index (χ0v) is 17.6. The van der Waals surface area contributed by atoms with Gasteiger partial charge in [-0.15, -0.1) is 0 Å². The van der Waals surface area contributed by atoms with Crippen LogP contribution in [0.2, 0.25) is 0 Å². The lowest BCUT2D eigenvalue weighted by Gasteiger charge is -2.25. The second kappa shape index (κ2) is 10.00. The molecule has 1 aromatic carbocycles. The highest BCUT2D eigenvalue weighted by molar-refractivity contribution is 5.79. The standard InChI is InChI=1S/C21H34N6/c1-7-22-21(24-15-19-17(4)25-26(6)18(19)5)23-13-14-27(8-2)20-12-10-9-11-16(20)3/h9-12H,7-8,13-15H2,1-6H3,(H2,22,23,24). The highest BCUT2D eigenvalue weighted by atomic mass is 15.3. The van der Waals surface area contributed by atoms with Crippen molar-refractivity contribution >= 4 is 11.6 Å². The largest absolute Gasteiger partial charge is 0.370 e. The van der Waals surface area contributed by atoms with Crippen molar-refractivity contribution in [3.8, 4) is 0 Å². The van der Waals surface area contributed by atoms with E-state index in [-0.39, 0.29) is 0 Å². The summed E-state index contributed by atoms with van der Waals surface area (Å²) in [5, 5.41) is 11.3. The zero-order chi connectivity index (χ0) is 19.8. The van der Waals surface area contributed by atoms with Gasteiger partial charge in [0.15, 0.2) is 5.96 Å². The van der Waals surface area contributed by atoms with E-state index < -0.39 is 0 Å². The average Bonchev–Trinajstić information content (AvgIpc) is 2.89. The van der Waals surface area contributed by atoms with Gasteiger partial charge in [-0.3, -0.25) is 4.68 Å². The molecule has 0 aliphatic heterocycles. The molecule has 1 aromatic heterocycles. The molecule has 1 heterocycles. The fourth-order valence-corrected chi connectivity index (χ4v) is 3.22. The highest BCUT2D eigenvalue weighted by Crippen LogP contribution is 2.18. The molecular formula is C21H34N6. The van der Waals surface area contributed by atoms with Crippen LogP contribution in [0.3, 0.4) is 0 Å². The molecular weight excluding hydrogens is 336 g/mol. The Bertz CT molecular complexity index is 762. The van der Waals surface area contributed by atoms with Gasteiger partial charge in [-0.1, -0.05) is 18.2 Å². The second-order valence-electron chi connectivity index (χ2n) is 6.76. The Morgan fingerprint density at radius 2 is 1.89 bits per heavy atom. The monoisotopic (exact) mass is 370 g/mol. The fourth-order valence-electron chi connectivity index (χ4n) is 3.22. The van der Waals surface area contributed by atoms with Crippen LogP contribution in [0.1, 0.15) is 36.4 Å². The predicted molar refractivity (Wildman–Crippen MR) is 115 cm³/mol. The first-order valence-corrected chi connectivity index (χ1v) is 9.79. The second-order valence-corrected chi connectivity index (χ2v) is 6.76. The normalized spacial score (nSPS) is 11.6. The summed E-state index contributed by atoms with van der Waals surface area (Å²) in [6.45, 7) is 14.8. The van der Waals surface area contributed by atoms with Gasteiger partial charge in [-0.05, 0) is 46.2 Å². The van der Waals surface area contributed by atoms with Gasteiger partial charge in [0, 0.05) is 50.2 Å². The van der Waals surface area contributed by atoms with Gasteiger partial charge in [0.05, 0.1) is 12.2 Å². The predicted octanol–water partition coefficient (Wildman–Crippen LogP) is 2.93. The third-order valence-corrected chi connectivity index (χ3v) is 4.91. The van der Waals surface area contributed by atoms with Gasteiger partial charge in [-0.2, -0.15) is 5.10 Å². The SMILES string of the molecule is CCNC(=NCc1c(C)nn(C)c1C)NCCN(CC)c1ccccc1C. The van der Waals surface area contributed by atoms with Crippen LogP contribution in [-0.4, -0.2) is 41.9 Å². The van der Waals surface area contributed by atoms with Crippen LogP contribution >= 0.6 is 0 Å². The van der Waals surface area contributed by atoms with E-state index in [1.807, 2.05) is 18.7 Å². The maximum Gasteiger partial charge on any atom is 0.191 e. The van der Waals surface area contributed by atoms with E-state index >= 15 is 0 Å². The molecule has 6 heteroatoms. The lowest BCUT2D eigenvalue weighted by atomic mass is 10.2. The van der Waals surface area contributed by atoms with Crippen molar-refractivity contribution in [3.05, 3.63) is 46.8 Å². The average molecular weight is 371 g/mol. The lowest BCUT2D eigenvalue weighted by molar-refractivity contribution is 0.729. The van der Waals surface area contributed by atoms with Crippen molar-refractivity contribution in [1.82, 2.24) is 20.4 Å². The minimum Gasteiger partial charge on any atom is -0.370 e. The summed E-state index contributed by atoms with van der Waals surface area (Å²) >= 11 is 0. The Hall–Kier alpha value is -2.50. The molecule has 0 aliphatic rings. The topological polar surface area (TPSA) is 57.5 Å². The third-order valence-electron chi connectivity index (χ3n) is 4.91. The van der Waals surface area contributed by atoms with Crippen LogP contribution in [0, 0.1) is 20.8 Å². The first-order chi connectivity index (χ1) is 13.0. The number of aliphatic imine (C=N–C) groups is 1. The van der Waals surface area contributed by atoms with E-state index in [4.69, 9.17) is 4.99 Å². The van der Waals surface area contributed by atoms with E-state index in [1.54, 1.807) is 0 Å². The first-order valence-electron chi connectivity index (χ1n) is 9.79. The smallest absolute Gasteiger partial charge is 0.191 e. The Balaban J connectivity index is 1.98. The van der Waals surface area contributed by atoms with Gasteiger partial charge in [0.25, 0.3) is 0 Å². The summed E-state index contributed by atoms with van der Waals surface area (Å²) in [7, 11) is 1.98. The summed E-state index contributed by atoms with van der Waals surface area (Å²) in [6.07, 6.45) is 0. The Labute approximate surface area is 163 Å². The molecule has 0 spiro atoms. The molecule has 0 fully saturated rings. The molecule has 0 aliphatic carbocycles. The van der Waals surface area contributed by atoms with Crippen LogP contribution < -0.4 is 15.5 Å². The van der Waals surface area contributed by atoms with E-state index in [0.29, 0.717) is 6.54 Å². The number of benzene rings is 1. The quantitative estimate of drug-likeness (QED) is 0.554. The highest BCUT2D eigenvalue weighted by Gasteiger charge is 2.10. The summed E-state index contributed by atoms with van der Waals surface area (Å²) in [6, 6.07) is 8.54. The molecule has 2 aromatic rings. The fraction of sp³-hybridized carbons (Fsp3) is 0.524. The van der Waals surface area contributed by atoms with Crippen molar-refractivity contribution in [2.24, 2.45) is 12.0 Å². The van der Waals surface area contributed by atoms with Crippen molar-refractivity contribution in [2.75, 3.05) is 31.1 Å². The van der Waals surface area contributed by atoms with Crippen molar-refractivity contribution in [2.45, 2.75) is 41.2 Å². The number of hydrogen-bond donors (Lipinski definition) is 2. The molecule has 0 saturated carbocycles. The van der Waals surface area contributed by atoms with Gasteiger partial charge in [0.1, 0.15) is 0 Å². The van der Waals surface area contributed by atoms with Crippen molar-refractivity contribution in [3.63, 3.8) is 0 Å². The van der Waals surface area contributed by atoms with E-state index in [2.05, 4.69) is 72.6 Å². The Kier molecular flexibility index (Phi) is 7.70. The maximum atomic E-state index is 4.75.